The molecule has 1 N–H and O–H groups in total. The molecule has 2 aliphatic rings. The average molecular weight is 460 g/mol. The molecule has 31 heavy (non-hydrogen) atoms. The maximum absolute atomic E-state index is 12.9. The summed E-state index contributed by atoms with van der Waals surface area (Å²) < 4.78 is 27.4. The fourth-order valence-corrected chi connectivity index (χ4v) is 6.54. The molecule has 0 spiro atoms. The highest BCUT2D eigenvalue weighted by molar-refractivity contribution is 7.99. The van der Waals surface area contributed by atoms with Crippen LogP contribution in [0.2, 0.25) is 0 Å². The first-order chi connectivity index (χ1) is 15.0. The fraction of sp³-hybridized carbons (Fsp3) is 0.364. The van der Waals surface area contributed by atoms with E-state index < -0.39 is 16.1 Å². The van der Waals surface area contributed by atoms with Crippen LogP contribution in [0.3, 0.4) is 0 Å². The Bertz CT molecular complexity index is 1050. The third-order valence-electron chi connectivity index (χ3n) is 5.52. The second-order valence-corrected chi connectivity index (χ2v) is 10.6. The zero-order valence-electron chi connectivity index (χ0n) is 17.1. The van der Waals surface area contributed by atoms with E-state index >= 15 is 0 Å². The van der Waals surface area contributed by atoms with Crippen LogP contribution < -0.4 is 5.32 Å². The van der Waals surface area contributed by atoms with Crippen LogP contribution in [-0.4, -0.2) is 60.2 Å². The number of amides is 2. The predicted octanol–water partition coefficient (Wildman–Crippen LogP) is 3.02. The number of anilines is 1. The van der Waals surface area contributed by atoms with Crippen molar-refractivity contribution in [3.8, 4) is 0 Å². The summed E-state index contributed by atoms with van der Waals surface area (Å²) in [5, 5.41) is 2.81. The molecular weight excluding hydrogens is 434 g/mol. The van der Waals surface area contributed by atoms with E-state index in [4.69, 9.17) is 0 Å². The number of nitrogens with one attached hydrogen (secondary N) is 1. The van der Waals surface area contributed by atoms with Gasteiger partial charge in [-0.25, -0.2) is 8.42 Å². The summed E-state index contributed by atoms with van der Waals surface area (Å²) in [6.07, 6.45) is 2.76. The lowest BCUT2D eigenvalue weighted by molar-refractivity contribution is -0.119. The minimum atomic E-state index is -3.59. The minimum Gasteiger partial charge on any atom is -0.324 e. The van der Waals surface area contributed by atoms with Gasteiger partial charge in [0, 0.05) is 30.1 Å². The van der Waals surface area contributed by atoms with Crippen molar-refractivity contribution in [1.82, 2.24) is 9.21 Å². The molecule has 2 saturated heterocycles. The second kappa shape index (κ2) is 9.42. The van der Waals surface area contributed by atoms with Gasteiger partial charge in [-0.15, -0.1) is 11.8 Å². The number of sulfonamides is 1. The third kappa shape index (κ3) is 4.78. The Morgan fingerprint density at radius 3 is 2.45 bits per heavy atom. The molecular formula is C22H25N3O4S2. The van der Waals surface area contributed by atoms with Gasteiger partial charge in [-0.3, -0.25) is 9.59 Å². The lowest BCUT2D eigenvalue weighted by Gasteiger charge is -2.26. The van der Waals surface area contributed by atoms with Gasteiger partial charge in [0.25, 0.3) is 5.91 Å². The molecule has 2 aliphatic heterocycles. The van der Waals surface area contributed by atoms with Crippen molar-refractivity contribution in [2.75, 3.05) is 30.0 Å². The Morgan fingerprint density at radius 1 is 0.968 bits per heavy atom. The van der Waals surface area contributed by atoms with Crippen LogP contribution in [0, 0.1) is 0 Å². The van der Waals surface area contributed by atoms with Crippen molar-refractivity contribution in [1.29, 1.82) is 0 Å². The zero-order valence-corrected chi connectivity index (χ0v) is 18.7. The van der Waals surface area contributed by atoms with Crippen molar-refractivity contribution in [2.45, 2.75) is 30.2 Å². The third-order valence-corrected chi connectivity index (χ3v) is 8.43. The molecule has 0 unspecified atom stereocenters. The van der Waals surface area contributed by atoms with Crippen molar-refractivity contribution in [3.63, 3.8) is 0 Å². The molecule has 2 aromatic rings. The summed E-state index contributed by atoms with van der Waals surface area (Å²) in [6.45, 7) is 1.05. The van der Waals surface area contributed by atoms with Crippen LogP contribution in [0.4, 0.5) is 5.69 Å². The van der Waals surface area contributed by atoms with E-state index in [1.165, 1.54) is 22.1 Å². The monoisotopic (exact) mass is 459 g/mol. The largest absolute Gasteiger partial charge is 0.324 e. The lowest BCUT2D eigenvalue weighted by atomic mass is 10.1. The van der Waals surface area contributed by atoms with Crippen LogP contribution in [0.25, 0.3) is 0 Å². The molecule has 7 nitrogen and oxygen atoms in total. The predicted molar refractivity (Wildman–Crippen MR) is 121 cm³/mol. The number of hydrogen-bond donors (Lipinski definition) is 1. The van der Waals surface area contributed by atoms with Crippen molar-refractivity contribution >= 4 is 39.3 Å². The molecule has 2 heterocycles. The van der Waals surface area contributed by atoms with Crippen molar-refractivity contribution in [2.24, 2.45) is 0 Å². The van der Waals surface area contributed by atoms with Crippen LogP contribution in [-0.2, 0) is 14.8 Å². The number of carbonyl (C=O) groups is 2. The molecule has 2 aromatic carbocycles. The summed E-state index contributed by atoms with van der Waals surface area (Å²) in [4.78, 5) is 27.5. The Labute approximate surface area is 186 Å². The maximum atomic E-state index is 12.9. The Hall–Kier alpha value is -2.36. The van der Waals surface area contributed by atoms with Crippen LogP contribution in [0.5, 0.6) is 0 Å². The first kappa shape index (κ1) is 21.9. The molecule has 9 heteroatoms. The van der Waals surface area contributed by atoms with E-state index in [1.54, 1.807) is 47.4 Å². The van der Waals surface area contributed by atoms with Crippen LogP contribution in [0.1, 0.15) is 29.6 Å². The minimum absolute atomic E-state index is 0.171. The van der Waals surface area contributed by atoms with Crippen molar-refractivity contribution < 1.29 is 18.0 Å². The topological polar surface area (TPSA) is 86.8 Å². The van der Waals surface area contributed by atoms with Gasteiger partial charge >= 0.3 is 0 Å². The smallest absolute Gasteiger partial charge is 0.255 e. The molecule has 1 atom stereocenters. The van der Waals surface area contributed by atoms with Gasteiger partial charge in [0.2, 0.25) is 15.9 Å². The van der Waals surface area contributed by atoms with Crippen molar-refractivity contribution in [3.05, 3.63) is 60.2 Å². The number of benzene rings is 2. The molecule has 2 amide bonds. The Kier molecular flexibility index (Phi) is 6.64. The van der Waals surface area contributed by atoms with Gasteiger partial charge in [0.1, 0.15) is 6.04 Å². The van der Waals surface area contributed by atoms with E-state index in [2.05, 4.69) is 5.32 Å². The lowest BCUT2D eigenvalue weighted by Crippen LogP contribution is -2.44. The number of rotatable bonds is 5. The van der Waals surface area contributed by atoms with E-state index in [-0.39, 0.29) is 16.7 Å². The Balaban J connectivity index is 1.48. The highest BCUT2D eigenvalue weighted by Gasteiger charge is 2.35. The van der Waals surface area contributed by atoms with Gasteiger partial charge in [-0.1, -0.05) is 30.7 Å². The summed E-state index contributed by atoms with van der Waals surface area (Å²) in [6, 6.07) is 14.6. The first-order valence-corrected chi connectivity index (χ1v) is 12.9. The molecule has 164 valence electrons. The van der Waals surface area contributed by atoms with E-state index in [9.17, 15) is 18.0 Å². The van der Waals surface area contributed by atoms with Gasteiger partial charge < -0.3 is 10.2 Å². The number of thioether (sulfide) groups is 1. The first-order valence-electron chi connectivity index (χ1n) is 10.3. The number of nitrogens with zero attached hydrogens (tertiary/aromatic N) is 2. The quantitative estimate of drug-likeness (QED) is 0.743. The molecule has 0 bridgehead atoms. The zero-order chi connectivity index (χ0) is 21.8. The van der Waals surface area contributed by atoms with E-state index in [0.717, 1.165) is 19.3 Å². The SMILES string of the molecule is O=C(Nc1cccc(S(=O)(=O)N2CCCCC2)c1)[C@@H]1CSCN1C(=O)c1ccccc1. The van der Waals surface area contributed by atoms with Gasteiger partial charge in [0.15, 0.2) is 0 Å². The standard InChI is InChI=1S/C22H25N3O4S2/c26-21(20-15-30-16-25(20)22(27)17-8-3-1-4-9-17)23-18-10-7-11-19(14-18)31(28,29)24-12-5-2-6-13-24/h1,3-4,7-11,14,20H,2,5-6,12-13,15-16H2,(H,23,26)/t20-/m0/s1. The molecule has 0 saturated carbocycles. The van der Waals surface area contributed by atoms with Gasteiger partial charge in [-0.2, -0.15) is 4.31 Å². The molecule has 2 fully saturated rings. The number of carbonyl (C=O) groups excluding carboxylic acids is 2. The van der Waals surface area contributed by atoms with Crippen LogP contribution >= 0.6 is 11.8 Å². The molecule has 4 rings (SSSR count). The highest BCUT2D eigenvalue weighted by Crippen LogP contribution is 2.26. The molecule has 0 aromatic heterocycles. The summed E-state index contributed by atoms with van der Waals surface area (Å²) in [7, 11) is -3.59. The number of piperidine rings is 1. The highest BCUT2D eigenvalue weighted by atomic mass is 32.2. The Morgan fingerprint density at radius 2 is 1.71 bits per heavy atom. The number of hydrogen-bond acceptors (Lipinski definition) is 5. The van der Waals surface area contributed by atoms with E-state index in [1.807, 2.05) is 6.07 Å². The fourth-order valence-electron chi connectivity index (χ4n) is 3.82. The average Bonchev–Trinajstić information content (AvgIpc) is 3.30. The molecule has 0 radical (unpaired) electrons. The normalized spacial score (nSPS) is 19.9. The van der Waals surface area contributed by atoms with Crippen LogP contribution in [0.15, 0.2) is 59.5 Å². The van der Waals surface area contributed by atoms with E-state index in [0.29, 0.717) is 36.0 Å². The second-order valence-electron chi connectivity index (χ2n) is 7.64. The maximum Gasteiger partial charge on any atom is 0.255 e. The summed E-state index contributed by atoms with van der Waals surface area (Å²) in [5.74, 6) is 0.430. The summed E-state index contributed by atoms with van der Waals surface area (Å²) in [5.41, 5.74) is 0.949. The van der Waals surface area contributed by atoms with Gasteiger partial charge in [0.05, 0.1) is 10.8 Å². The molecule has 0 aliphatic carbocycles. The van der Waals surface area contributed by atoms with Gasteiger partial charge in [-0.05, 0) is 43.2 Å². The summed E-state index contributed by atoms with van der Waals surface area (Å²) >= 11 is 1.52.